The number of thiazole rings is 1. The van der Waals surface area contributed by atoms with E-state index >= 15 is 0 Å². The number of carboxylic acid groups (broad SMARTS) is 1. The van der Waals surface area contributed by atoms with E-state index in [1.165, 1.54) is 30.6 Å². The molecule has 6 nitrogen and oxygen atoms in total. The average molecular weight is 412 g/mol. The number of aromatic nitrogens is 1. The van der Waals surface area contributed by atoms with Crippen LogP contribution in [0.3, 0.4) is 0 Å². The van der Waals surface area contributed by atoms with Gasteiger partial charge in [-0.25, -0.2) is 9.78 Å². The van der Waals surface area contributed by atoms with Crippen LogP contribution in [0.25, 0.3) is 21.8 Å². The number of hydrogen-bond acceptors (Lipinski definition) is 6. The van der Waals surface area contributed by atoms with Gasteiger partial charge < -0.3 is 20.1 Å². The van der Waals surface area contributed by atoms with Crippen molar-refractivity contribution in [2.45, 2.75) is 0 Å². The minimum absolute atomic E-state index is 0.0166. The third-order valence-corrected chi connectivity index (χ3v) is 5.17. The molecular weight excluding hydrogens is 401 g/mol. The van der Waals surface area contributed by atoms with Crippen LogP contribution in [0.2, 0.25) is 10.0 Å². The Labute approximate surface area is 161 Å². The number of carboxylic acids is 1. The zero-order chi connectivity index (χ0) is 19.0. The van der Waals surface area contributed by atoms with Gasteiger partial charge >= 0.3 is 5.97 Å². The number of phenolic OH excluding ortho intramolecular Hbond substituents is 2. The highest BCUT2D eigenvalue weighted by atomic mass is 35.5. The Morgan fingerprint density at radius 3 is 2.58 bits per heavy atom. The Balaban J connectivity index is 2.07. The fraction of sp³-hybridized carbons (Fsp3) is 0.0588. The Morgan fingerprint density at radius 2 is 1.92 bits per heavy atom. The molecule has 0 aliphatic carbocycles. The summed E-state index contributed by atoms with van der Waals surface area (Å²) in [5.74, 6) is -1.89. The first-order chi connectivity index (χ1) is 12.3. The van der Waals surface area contributed by atoms with Gasteiger partial charge in [-0.15, -0.1) is 11.3 Å². The molecule has 0 saturated carbocycles. The monoisotopic (exact) mass is 411 g/mol. The molecule has 0 amide bonds. The molecule has 3 aromatic rings. The van der Waals surface area contributed by atoms with Crippen LogP contribution in [0, 0.1) is 0 Å². The lowest BCUT2D eigenvalue weighted by Crippen LogP contribution is -2.00. The molecule has 0 radical (unpaired) electrons. The molecule has 1 heterocycles. The van der Waals surface area contributed by atoms with Crippen LogP contribution in [0.5, 0.6) is 17.2 Å². The first-order valence-corrected chi connectivity index (χ1v) is 8.74. The summed E-state index contributed by atoms with van der Waals surface area (Å²) >= 11 is 13.2. The molecule has 0 unspecified atom stereocenters. The molecule has 0 saturated heterocycles. The summed E-state index contributed by atoms with van der Waals surface area (Å²) in [6.07, 6.45) is 0. The predicted molar refractivity (Wildman–Crippen MR) is 99.8 cm³/mol. The van der Waals surface area contributed by atoms with Gasteiger partial charge in [-0.1, -0.05) is 23.2 Å². The van der Waals surface area contributed by atoms with Crippen molar-refractivity contribution in [3.63, 3.8) is 0 Å². The molecule has 1 aromatic heterocycles. The SMILES string of the molecule is COc1ccc(-c2csc(-c3cc(Cl)c(O)c(O)c3Cl)n2)cc1C(=O)O. The Morgan fingerprint density at radius 1 is 1.19 bits per heavy atom. The summed E-state index contributed by atoms with van der Waals surface area (Å²) in [6, 6.07) is 6.10. The predicted octanol–water partition coefficient (Wildman–Crippen LogP) is 4.90. The number of phenols is 2. The molecule has 0 bridgehead atoms. The number of ether oxygens (including phenoxy) is 1. The Bertz CT molecular complexity index is 1020. The lowest BCUT2D eigenvalue weighted by molar-refractivity contribution is 0.0693. The third kappa shape index (κ3) is 3.16. The van der Waals surface area contributed by atoms with Crippen molar-refractivity contribution in [3.8, 4) is 39.1 Å². The fourth-order valence-electron chi connectivity index (χ4n) is 2.32. The quantitative estimate of drug-likeness (QED) is 0.527. The number of aromatic hydroxyl groups is 2. The van der Waals surface area contributed by atoms with Crippen LogP contribution < -0.4 is 4.74 Å². The molecule has 2 aromatic carbocycles. The normalized spacial score (nSPS) is 10.7. The van der Waals surface area contributed by atoms with Gasteiger partial charge in [0.05, 0.1) is 22.8 Å². The number of benzene rings is 2. The number of rotatable bonds is 4. The van der Waals surface area contributed by atoms with Gasteiger partial charge in [-0.05, 0) is 24.3 Å². The van der Waals surface area contributed by atoms with Gasteiger partial charge in [0.1, 0.15) is 16.3 Å². The second-order valence-corrected chi connectivity index (χ2v) is 6.82. The number of aromatic carboxylic acids is 1. The number of halogens is 2. The van der Waals surface area contributed by atoms with Crippen LogP contribution in [0.15, 0.2) is 29.6 Å². The van der Waals surface area contributed by atoms with Crippen molar-refractivity contribution in [3.05, 3.63) is 45.3 Å². The molecule has 3 N–H and O–H groups in total. The van der Waals surface area contributed by atoms with Crippen LogP contribution in [0.1, 0.15) is 10.4 Å². The highest BCUT2D eigenvalue weighted by Crippen LogP contribution is 2.46. The number of methoxy groups -OCH3 is 1. The average Bonchev–Trinajstić information content (AvgIpc) is 3.12. The van der Waals surface area contributed by atoms with Crippen molar-refractivity contribution in [2.24, 2.45) is 0 Å². The third-order valence-electron chi connectivity index (χ3n) is 3.63. The molecule has 0 spiro atoms. The first kappa shape index (κ1) is 18.3. The van der Waals surface area contributed by atoms with E-state index in [9.17, 15) is 20.1 Å². The van der Waals surface area contributed by atoms with Crippen molar-refractivity contribution in [1.29, 1.82) is 0 Å². The van der Waals surface area contributed by atoms with Gasteiger partial charge in [0.2, 0.25) is 0 Å². The summed E-state index contributed by atoms with van der Waals surface area (Å²) in [6.45, 7) is 0. The molecule has 0 atom stereocenters. The second-order valence-electron chi connectivity index (χ2n) is 5.18. The van der Waals surface area contributed by atoms with Crippen LogP contribution in [-0.2, 0) is 0 Å². The maximum atomic E-state index is 11.4. The molecule has 0 aliphatic heterocycles. The van der Waals surface area contributed by atoms with E-state index in [0.717, 1.165) is 0 Å². The lowest BCUT2D eigenvalue weighted by atomic mass is 10.1. The smallest absolute Gasteiger partial charge is 0.339 e. The van der Waals surface area contributed by atoms with Crippen LogP contribution >= 0.6 is 34.5 Å². The van der Waals surface area contributed by atoms with Gasteiger partial charge in [0, 0.05) is 16.5 Å². The Hall–Kier alpha value is -2.48. The second kappa shape index (κ2) is 7.03. The summed E-state index contributed by atoms with van der Waals surface area (Å²) in [5.41, 5.74) is 1.48. The maximum Gasteiger partial charge on any atom is 0.339 e. The van der Waals surface area contributed by atoms with Crippen molar-refractivity contribution < 1.29 is 24.9 Å². The highest BCUT2D eigenvalue weighted by Gasteiger charge is 2.19. The van der Waals surface area contributed by atoms with Gasteiger partial charge in [0.25, 0.3) is 0 Å². The molecule has 0 aliphatic rings. The lowest BCUT2D eigenvalue weighted by Gasteiger charge is -2.07. The van der Waals surface area contributed by atoms with Crippen molar-refractivity contribution >= 4 is 40.5 Å². The van der Waals surface area contributed by atoms with E-state index < -0.39 is 17.5 Å². The summed E-state index contributed by atoms with van der Waals surface area (Å²) in [4.78, 5) is 15.8. The van der Waals surface area contributed by atoms with E-state index in [2.05, 4.69) is 4.98 Å². The number of nitrogens with zero attached hydrogens (tertiary/aromatic N) is 1. The zero-order valence-electron chi connectivity index (χ0n) is 13.2. The van der Waals surface area contributed by atoms with Crippen LogP contribution in [0.4, 0.5) is 0 Å². The largest absolute Gasteiger partial charge is 0.503 e. The molecule has 134 valence electrons. The summed E-state index contributed by atoms with van der Waals surface area (Å²) in [5, 5.41) is 30.8. The van der Waals surface area contributed by atoms with E-state index in [0.29, 0.717) is 21.8 Å². The van der Waals surface area contributed by atoms with Crippen LogP contribution in [-0.4, -0.2) is 33.4 Å². The minimum Gasteiger partial charge on any atom is -0.503 e. The molecule has 26 heavy (non-hydrogen) atoms. The molecule has 3 rings (SSSR count). The minimum atomic E-state index is -1.11. The van der Waals surface area contributed by atoms with E-state index in [1.54, 1.807) is 17.5 Å². The van der Waals surface area contributed by atoms with E-state index in [4.69, 9.17) is 27.9 Å². The van der Waals surface area contributed by atoms with Gasteiger partial charge in [0.15, 0.2) is 11.5 Å². The zero-order valence-corrected chi connectivity index (χ0v) is 15.5. The first-order valence-electron chi connectivity index (χ1n) is 7.11. The summed E-state index contributed by atoms with van der Waals surface area (Å²) in [7, 11) is 1.39. The fourth-order valence-corrected chi connectivity index (χ4v) is 3.66. The van der Waals surface area contributed by atoms with Crippen molar-refractivity contribution in [2.75, 3.05) is 7.11 Å². The van der Waals surface area contributed by atoms with Crippen molar-refractivity contribution in [1.82, 2.24) is 4.98 Å². The van der Waals surface area contributed by atoms with E-state index in [-0.39, 0.29) is 21.4 Å². The summed E-state index contributed by atoms with van der Waals surface area (Å²) < 4.78 is 5.04. The maximum absolute atomic E-state index is 11.4. The molecule has 9 heteroatoms. The topological polar surface area (TPSA) is 99.9 Å². The van der Waals surface area contributed by atoms with Gasteiger partial charge in [-0.3, -0.25) is 0 Å². The standard InChI is InChI=1S/C17H11Cl2NO5S/c1-25-12-3-2-7(4-8(12)17(23)24)11-6-26-16(20-11)9-5-10(18)14(21)15(22)13(9)19/h2-6,21-22H,1H3,(H,23,24). The van der Waals surface area contributed by atoms with E-state index in [1.807, 2.05) is 0 Å². The highest BCUT2D eigenvalue weighted by molar-refractivity contribution is 7.13. The Kier molecular flexibility index (Phi) is 4.95. The molecular formula is C17H11Cl2NO5S. The van der Waals surface area contributed by atoms with Gasteiger partial charge in [-0.2, -0.15) is 0 Å². The molecule has 0 fully saturated rings. The number of hydrogen-bond donors (Lipinski definition) is 3. The number of carbonyl (C=O) groups is 1.